The minimum Gasteiger partial charge on any atom is -0.367 e. The minimum atomic E-state index is -0.0802. The highest BCUT2D eigenvalue weighted by Crippen LogP contribution is 2.29. The van der Waals surface area contributed by atoms with Gasteiger partial charge in [-0.05, 0) is 55.2 Å². The lowest BCUT2D eigenvalue weighted by molar-refractivity contribution is -0.115. The molecule has 1 amide bonds. The average molecular weight is 445 g/mol. The van der Waals surface area contributed by atoms with Crippen LogP contribution in [0.1, 0.15) is 24.8 Å². The van der Waals surface area contributed by atoms with Crippen LogP contribution < -0.4 is 26.8 Å². The van der Waals surface area contributed by atoms with Gasteiger partial charge in [0.1, 0.15) is 5.82 Å². The van der Waals surface area contributed by atoms with E-state index < -0.39 is 0 Å². The molecule has 1 aliphatic heterocycles. The quantitative estimate of drug-likeness (QED) is 0.378. The largest absolute Gasteiger partial charge is 0.367 e. The van der Waals surface area contributed by atoms with Crippen molar-refractivity contribution in [2.45, 2.75) is 37.8 Å². The van der Waals surface area contributed by atoms with Crippen molar-refractivity contribution in [1.82, 2.24) is 25.8 Å². The Kier molecular flexibility index (Phi) is 6.41. The Morgan fingerprint density at radius 2 is 1.97 bits per heavy atom. The summed E-state index contributed by atoms with van der Waals surface area (Å²) in [7, 11) is 0. The first-order chi connectivity index (χ1) is 16.2. The first kappa shape index (κ1) is 21.3. The van der Waals surface area contributed by atoms with Gasteiger partial charge in [0.2, 0.25) is 11.9 Å². The summed E-state index contributed by atoms with van der Waals surface area (Å²) in [6.07, 6.45) is 8.92. The van der Waals surface area contributed by atoms with Crippen LogP contribution in [0.2, 0.25) is 0 Å². The molecular weight excluding hydrogens is 416 g/mol. The number of fused-ring (bicyclic) bond motifs is 1. The Morgan fingerprint density at radius 3 is 2.82 bits per heavy atom. The van der Waals surface area contributed by atoms with Crippen molar-refractivity contribution in [3.63, 3.8) is 0 Å². The summed E-state index contributed by atoms with van der Waals surface area (Å²) in [6, 6.07) is 14.1. The lowest BCUT2D eigenvalue weighted by Crippen LogP contribution is -2.42. The van der Waals surface area contributed by atoms with E-state index in [4.69, 9.17) is 0 Å². The van der Waals surface area contributed by atoms with Crippen molar-refractivity contribution in [1.29, 1.82) is 0 Å². The molecule has 1 saturated carbocycles. The lowest BCUT2D eigenvalue weighted by atomic mass is 9.82. The van der Waals surface area contributed by atoms with Crippen LogP contribution in [-0.4, -0.2) is 39.5 Å². The molecule has 5 rings (SSSR count). The zero-order chi connectivity index (χ0) is 22.5. The van der Waals surface area contributed by atoms with E-state index in [9.17, 15) is 4.79 Å². The van der Waals surface area contributed by atoms with Gasteiger partial charge in [0, 0.05) is 42.6 Å². The van der Waals surface area contributed by atoms with Crippen LogP contribution in [-0.2, 0) is 11.2 Å². The Hall–Kier alpha value is -3.56. The maximum absolute atomic E-state index is 12.2. The molecule has 0 bridgehead atoms. The van der Waals surface area contributed by atoms with Gasteiger partial charge >= 0.3 is 0 Å². The Labute approximate surface area is 192 Å². The van der Waals surface area contributed by atoms with Crippen molar-refractivity contribution in [3.8, 4) is 0 Å². The van der Waals surface area contributed by atoms with E-state index in [2.05, 4.69) is 41.8 Å². The number of hydrogen-bond donors (Lipinski definition) is 5. The molecule has 2 aromatic heterocycles. The summed E-state index contributed by atoms with van der Waals surface area (Å²) in [5, 5.41) is 9.71. The highest BCUT2D eigenvalue weighted by molar-refractivity contribution is 5.92. The van der Waals surface area contributed by atoms with Crippen LogP contribution in [0.3, 0.4) is 0 Å². The van der Waals surface area contributed by atoms with E-state index in [-0.39, 0.29) is 5.91 Å². The Bertz CT molecular complexity index is 1080. The number of carbonyl (C=O) groups is 1. The van der Waals surface area contributed by atoms with Crippen LogP contribution in [0.15, 0.2) is 61.1 Å². The number of nitrogens with one attached hydrogen (secondary N) is 5. The fourth-order valence-electron chi connectivity index (χ4n) is 4.57. The maximum atomic E-state index is 12.2. The van der Waals surface area contributed by atoms with Crippen molar-refractivity contribution in [2.75, 3.05) is 22.5 Å². The maximum Gasteiger partial charge on any atom is 0.229 e. The third kappa shape index (κ3) is 5.44. The molecule has 9 nitrogen and oxygen atoms in total. The number of pyridine rings is 1. The highest BCUT2D eigenvalue weighted by Gasteiger charge is 2.36. The first-order valence-electron chi connectivity index (χ1n) is 11.4. The van der Waals surface area contributed by atoms with Crippen LogP contribution in [0.4, 0.5) is 23.1 Å². The molecule has 1 saturated heterocycles. The molecule has 5 N–H and O–H groups in total. The molecule has 1 aromatic carbocycles. The standard InChI is InChI=1S/C24H28N8O/c33-23(28-18-3-2-11-25-14-18)13-16-6-8-17(9-7-16)29-24-26-12-10-22(31-24)30-20-4-1-5-21-19(20)15-27-32-21/h2-3,6-12,14,19-21,27,32H,1,4-5,13,15H2,(H,28,33)(H2,26,29,30,31). The number of hydrogen-bond acceptors (Lipinski definition) is 8. The average Bonchev–Trinajstić information content (AvgIpc) is 3.31. The number of anilines is 4. The van der Waals surface area contributed by atoms with E-state index in [1.165, 1.54) is 12.8 Å². The molecule has 170 valence electrons. The Balaban J connectivity index is 1.17. The lowest BCUT2D eigenvalue weighted by Gasteiger charge is -2.33. The van der Waals surface area contributed by atoms with Crippen molar-refractivity contribution in [3.05, 3.63) is 66.6 Å². The molecule has 2 fully saturated rings. The molecule has 1 aliphatic carbocycles. The number of benzene rings is 1. The molecule has 0 radical (unpaired) electrons. The van der Waals surface area contributed by atoms with E-state index in [1.54, 1.807) is 24.7 Å². The molecule has 3 aromatic rings. The van der Waals surface area contributed by atoms with Gasteiger partial charge in [0.25, 0.3) is 0 Å². The number of carbonyl (C=O) groups excluding carboxylic acids is 1. The molecule has 2 aliphatic rings. The minimum absolute atomic E-state index is 0.0802. The fraction of sp³-hybridized carbons (Fsp3) is 0.333. The van der Waals surface area contributed by atoms with Crippen LogP contribution in [0.5, 0.6) is 0 Å². The SMILES string of the molecule is O=C(Cc1ccc(Nc2nccc(NC3CCCC4NNCC43)n2)cc1)Nc1cccnc1. The summed E-state index contributed by atoms with van der Waals surface area (Å²) in [6.45, 7) is 0.977. The number of hydrazine groups is 1. The predicted octanol–water partition coefficient (Wildman–Crippen LogP) is 2.85. The second-order valence-electron chi connectivity index (χ2n) is 8.53. The van der Waals surface area contributed by atoms with Gasteiger partial charge in [-0.1, -0.05) is 12.1 Å². The van der Waals surface area contributed by atoms with Gasteiger partial charge in [0.05, 0.1) is 18.3 Å². The molecular formula is C24H28N8O. The van der Waals surface area contributed by atoms with Gasteiger partial charge in [-0.2, -0.15) is 4.98 Å². The number of nitrogens with zero attached hydrogens (tertiary/aromatic N) is 3. The summed E-state index contributed by atoms with van der Waals surface area (Å²) < 4.78 is 0. The highest BCUT2D eigenvalue weighted by atomic mass is 16.1. The molecule has 9 heteroatoms. The zero-order valence-electron chi connectivity index (χ0n) is 18.3. The van der Waals surface area contributed by atoms with Gasteiger partial charge in [-0.25, -0.2) is 4.98 Å². The normalized spacial score (nSPS) is 21.8. The summed E-state index contributed by atoms with van der Waals surface area (Å²) in [4.78, 5) is 25.2. The van der Waals surface area contributed by atoms with Crippen LogP contribution >= 0.6 is 0 Å². The van der Waals surface area contributed by atoms with E-state index >= 15 is 0 Å². The van der Waals surface area contributed by atoms with Gasteiger partial charge in [0.15, 0.2) is 0 Å². The smallest absolute Gasteiger partial charge is 0.229 e. The number of amides is 1. The molecule has 0 spiro atoms. The predicted molar refractivity (Wildman–Crippen MR) is 128 cm³/mol. The third-order valence-corrected chi connectivity index (χ3v) is 6.20. The van der Waals surface area contributed by atoms with Crippen molar-refractivity contribution < 1.29 is 4.79 Å². The topological polar surface area (TPSA) is 116 Å². The number of aromatic nitrogens is 3. The van der Waals surface area contributed by atoms with Gasteiger partial charge < -0.3 is 16.0 Å². The molecule has 3 unspecified atom stereocenters. The molecule has 3 heterocycles. The van der Waals surface area contributed by atoms with Crippen LogP contribution in [0.25, 0.3) is 0 Å². The number of rotatable bonds is 7. The van der Waals surface area contributed by atoms with Gasteiger partial charge in [-0.15, -0.1) is 0 Å². The monoisotopic (exact) mass is 444 g/mol. The van der Waals surface area contributed by atoms with Crippen molar-refractivity contribution in [2.24, 2.45) is 5.92 Å². The van der Waals surface area contributed by atoms with E-state index in [1.807, 2.05) is 36.4 Å². The molecule has 3 atom stereocenters. The second-order valence-corrected chi connectivity index (χ2v) is 8.53. The first-order valence-corrected chi connectivity index (χ1v) is 11.4. The van der Waals surface area contributed by atoms with E-state index in [0.717, 1.165) is 30.0 Å². The summed E-state index contributed by atoms with van der Waals surface area (Å²) in [5.74, 6) is 1.85. The fourth-order valence-corrected chi connectivity index (χ4v) is 4.57. The third-order valence-electron chi connectivity index (χ3n) is 6.20. The van der Waals surface area contributed by atoms with Crippen molar-refractivity contribution >= 4 is 29.0 Å². The summed E-state index contributed by atoms with van der Waals surface area (Å²) >= 11 is 0. The van der Waals surface area contributed by atoms with Gasteiger partial charge in [-0.3, -0.25) is 20.6 Å². The Morgan fingerprint density at radius 1 is 1.06 bits per heavy atom. The van der Waals surface area contributed by atoms with E-state index in [0.29, 0.717) is 36.1 Å². The second kappa shape index (κ2) is 9.93. The molecule has 33 heavy (non-hydrogen) atoms. The zero-order valence-corrected chi connectivity index (χ0v) is 18.3. The van der Waals surface area contributed by atoms with Crippen LogP contribution in [0, 0.1) is 5.92 Å². The summed E-state index contributed by atoms with van der Waals surface area (Å²) in [5.41, 5.74) is 9.15.